The number of nitrogens with one attached hydrogen (secondary N) is 1. The zero-order chi connectivity index (χ0) is 13.0. The summed E-state index contributed by atoms with van der Waals surface area (Å²) >= 11 is 6.15. The number of methoxy groups -OCH3 is 1. The number of hydrogen-bond acceptors (Lipinski definition) is 3. The minimum atomic E-state index is 0.223. The van der Waals surface area contributed by atoms with Crippen LogP contribution in [0.15, 0.2) is 18.2 Å². The number of nitrogens with zero attached hydrogens (tertiary/aromatic N) is 1. The van der Waals surface area contributed by atoms with Crippen molar-refractivity contribution in [3.05, 3.63) is 28.8 Å². The molecule has 0 bridgehead atoms. The van der Waals surface area contributed by atoms with Crippen LogP contribution in [0.3, 0.4) is 0 Å². The highest BCUT2D eigenvalue weighted by atomic mass is 35.5. The predicted octanol–water partition coefficient (Wildman–Crippen LogP) is 3.58. The molecule has 0 aromatic heterocycles. The molecule has 1 fully saturated rings. The van der Waals surface area contributed by atoms with E-state index in [1.807, 2.05) is 0 Å². The Bertz CT molecular complexity index is 456. The van der Waals surface area contributed by atoms with E-state index in [9.17, 15) is 0 Å². The van der Waals surface area contributed by atoms with Crippen LogP contribution in [0.25, 0.3) is 0 Å². The maximum atomic E-state index is 8.91. The molecule has 1 aliphatic rings. The van der Waals surface area contributed by atoms with Gasteiger partial charge in [-0.25, -0.2) is 0 Å². The highest BCUT2D eigenvalue weighted by Crippen LogP contribution is 2.28. The van der Waals surface area contributed by atoms with Crippen molar-refractivity contribution in [2.45, 2.75) is 37.8 Å². The van der Waals surface area contributed by atoms with Crippen LogP contribution in [0.1, 0.15) is 31.2 Å². The predicted molar refractivity (Wildman–Crippen MR) is 72.8 cm³/mol. The molecule has 3 nitrogen and oxygen atoms in total. The summed E-state index contributed by atoms with van der Waals surface area (Å²) in [6, 6.07) is 7.68. The Hall–Kier alpha value is -1.24. The third-order valence-corrected chi connectivity index (χ3v) is 3.77. The van der Waals surface area contributed by atoms with E-state index in [0.717, 1.165) is 18.5 Å². The molecule has 0 amide bonds. The Morgan fingerprint density at radius 2 is 2.17 bits per heavy atom. The first-order chi connectivity index (χ1) is 8.74. The molecule has 0 aliphatic heterocycles. The van der Waals surface area contributed by atoms with Gasteiger partial charge in [0.15, 0.2) is 0 Å². The van der Waals surface area contributed by atoms with Gasteiger partial charge in [0.05, 0.1) is 34.5 Å². The zero-order valence-electron chi connectivity index (χ0n) is 10.4. The molecule has 0 heterocycles. The smallest absolute Gasteiger partial charge is 0.0992 e. The van der Waals surface area contributed by atoms with Crippen molar-refractivity contribution in [3.8, 4) is 6.07 Å². The molecular formula is C14H17ClN2O. The summed E-state index contributed by atoms with van der Waals surface area (Å²) in [4.78, 5) is 0. The molecule has 2 atom stereocenters. The molecular weight excluding hydrogens is 248 g/mol. The third-order valence-electron chi connectivity index (χ3n) is 3.44. The molecule has 1 aliphatic carbocycles. The van der Waals surface area contributed by atoms with E-state index >= 15 is 0 Å². The van der Waals surface area contributed by atoms with Gasteiger partial charge in [-0.15, -0.1) is 0 Å². The SMILES string of the molecule is COC1CCCCC1Nc1cc(C#N)ccc1Cl. The van der Waals surface area contributed by atoms with Gasteiger partial charge in [-0.05, 0) is 31.0 Å². The Morgan fingerprint density at radius 1 is 1.39 bits per heavy atom. The van der Waals surface area contributed by atoms with E-state index in [0.29, 0.717) is 10.6 Å². The number of rotatable bonds is 3. The van der Waals surface area contributed by atoms with Crippen LogP contribution in [-0.4, -0.2) is 19.3 Å². The second-order valence-corrected chi connectivity index (χ2v) is 5.02. The van der Waals surface area contributed by atoms with Gasteiger partial charge in [0, 0.05) is 7.11 Å². The van der Waals surface area contributed by atoms with Crippen LogP contribution in [0.5, 0.6) is 0 Å². The summed E-state index contributed by atoms with van der Waals surface area (Å²) in [5.41, 5.74) is 1.44. The van der Waals surface area contributed by atoms with Gasteiger partial charge in [0.25, 0.3) is 0 Å². The van der Waals surface area contributed by atoms with Crippen molar-refractivity contribution < 1.29 is 4.74 Å². The Kier molecular flexibility index (Phi) is 4.46. The van der Waals surface area contributed by atoms with Crippen molar-refractivity contribution in [2.24, 2.45) is 0 Å². The van der Waals surface area contributed by atoms with Crippen LogP contribution >= 0.6 is 11.6 Å². The maximum Gasteiger partial charge on any atom is 0.0992 e. The van der Waals surface area contributed by atoms with Gasteiger partial charge in [-0.1, -0.05) is 24.4 Å². The average Bonchev–Trinajstić information content (AvgIpc) is 2.42. The fraction of sp³-hybridized carbons (Fsp3) is 0.500. The highest BCUT2D eigenvalue weighted by Gasteiger charge is 2.25. The lowest BCUT2D eigenvalue weighted by atomic mass is 9.92. The van der Waals surface area contributed by atoms with Crippen LogP contribution in [0.2, 0.25) is 5.02 Å². The van der Waals surface area contributed by atoms with Crippen molar-refractivity contribution in [1.29, 1.82) is 5.26 Å². The van der Waals surface area contributed by atoms with Crippen LogP contribution in [-0.2, 0) is 4.74 Å². The van der Waals surface area contributed by atoms with Crippen molar-refractivity contribution in [2.75, 3.05) is 12.4 Å². The molecule has 2 rings (SSSR count). The van der Waals surface area contributed by atoms with Gasteiger partial charge >= 0.3 is 0 Å². The molecule has 1 aromatic carbocycles. The molecule has 0 saturated heterocycles. The molecule has 1 saturated carbocycles. The number of anilines is 1. The fourth-order valence-corrected chi connectivity index (χ4v) is 2.62. The van der Waals surface area contributed by atoms with Gasteiger partial charge in [0.2, 0.25) is 0 Å². The molecule has 1 aromatic rings. The Balaban J connectivity index is 2.14. The monoisotopic (exact) mass is 264 g/mol. The summed E-state index contributed by atoms with van der Waals surface area (Å²) in [6.45, 7) is 0. The molecule has 0 spiro atoms. The lowest BCUT2D eigenvalue weighted by molar-refractivity contribution is 0.0606. The van der Waals surface area contributed by atoms with E-state index < -0.39 is 0 Å². The highest BCUT2D eigenvalue weighted by molar-refractivity contribution is 6.33. The summed E-state index contributed by atoms with van der Waals surface area (Å²) < 4.78 is 5.50. The van der Waals surface area contributed by atoms with E-state index in [4.69, 9.17) is 21.6 Å². The summed E-state index contributed by atoms with van der Waals surface area (Å²) in [5.74, 6) is 0. The third kappa shape index (κ3) is 2.95. The number of nitriles is 1. The number of benzene rings is 1. The van der Waals surface area contributed by atoms with E-state index in [1.165, 1.54) is 12.8 Å². The van der Waals surface area contributed by atoms with Crippen molar-refractivity contribution >= 4 is 17.3 Å². The number of ether oxygens (including phenoxy) is 1. The molecule has 18 heavy (non-hydrogen) atoms. The van der Waals surface area contributed by atoms with Gasteiger partial charge in [-0.3, -0.25) is 0 Å². The van der Waals surface area contributed by atoms with Crippen LogP contribution in [0.4, 0.5) is 5.69 Å². The largest absolute Gasteiger partial charge is 0.379 e. The minimum absolute atomic E-state index is 0.223. The first-order valence-corrected chi connectivity index (χ1v) is 6.61. The number of hydrogen-bond donors (Lipinski definition) is 1. The summed E-state index contributed by atoms with van der Waals surface area (Å²) in [6.07, 6.45) is 4.78. The Labute approximate surface area is 113 Å². The van der Waals surface area contributed by atoms with E-state index in [1.54, 1.807) is 25.3 Å². The molecule has 2 unspecified atom stereocenters. The van der Waals surface area contributed by atoms with Crippen LogP contribution in [0, 0.1) is 11.3 Å². The minimum Gasteiger partial charge on any atom is -0.379 e. The van der Waals surface area contributed by atoms with Gasteiger partial charge < -0.3 is 10.1 Å². The van der Waals surface area contributed by atoms with Gasteiger partial charge in [-0.2, -0.15) is 5.26 Å². The fourth-order valence-electron chi connectivity index (χ4n) is 2.45. The lowest BCUT2D eigenvalue weighted by Gasteiger charge is -2.32. The normalized spacial score (nSPS) is 23.4. The van der Waals surface area contributed by atoms with Crippen molar-refractivity contribution in [1.82, 2.24) is 0 Å². The molecule has 4 heteroatoms. The lowest BCUT2D eigenvalue weighted by Crippen LogP contribution is -2.37. The molecule has 0 radical (unpaired) electrons. The van der Waals surface area contributed by atoms with Crippen LogP contribution < -0.4 is 5.32 Å². The molecule has 96 valence electrons. The summed E-state index contributed by atoms with van der Waals surface area (Å²) in [7, 11) is 1.75. The standard InChI is InChI=1S/C14H17ClN2O/c1-18-14-5-3-2-4-12(14)17-13-8-10(9-16)6-7-11(13)15/h6-8,12,14,17H,2-5H2,1H3. The van der Waals surface area contributed by atoms with Gasteiger partial charge in [0.1, 0.15) is 0 Å². The average molecular weight is 265 g/mol. The van der Waals surface area contributed by atoms with E-state index in [-0.39, 0.29) is 12.1 Å². The van der Waals surface area contributed by atoms with E-state index in [2.05, 4.69) is 11.4 Å². The summed E-state index contributed by atoms with van der Waals surface area (Å²) in [5, 5.41) is 13.0. The second-order valence-electron chi connectivity index (χ2n) is 4.62. The second kappa shape index (κ2) is 6.08. The van der Waals surface area contributed by atoms with Crippen molar-refractivity contribution in [3.63, 3.8) is 0 Å². The quantitative estimate of drug-likeness (QED) is 0.908. The Morgan fingerprint density at radius 3 is 2.89 bits per heavy atom. The number of halogens is 1. The first-order valence-electron chi connectivity index (χ1n) is 6.23. The topological polar surface area (TPSA) is 45.0 Å². The zero-order valence-corrected chi connectivity index (χ0v) is 11.2. The maximum absolute atomic E-state index is 8.91. The molecule has 1 N–H and O–H groups in total. The first kappa shape index (κ1) is 13.2.